The summed E-state index contributed by atoms with van der Waals surface area (Å²) in [5.74, 6) is 1.77. The molecule has 2 heteroatoms. The van der Waals surface area contributed by atoms with Gasteiger partial charge < -0.3 is 10.5 Å². The van der Waals surface area contributed by atoms with E-state index in [0.29, 0.717) is 6.54 Å². The van der Waals surface area contributed by atoms with Crippen LogP contribution >= 0.6 is 0 Å². The fourth-order valence-corrected chi connectivity index (χ4v) is 2.13. The van der Waals surface area contributed by atoms with Crippen molar-refractivity contribution in [2.45, 2.75) is 19.4 Å². The molecule has 2 N–H and O–H groups in total. The predicted molar refractivity (Wildman–Crippen MR) is 70.1 cm³/mol. The largest absolute Gasteiger partial charge is 0.493 e. The van der Waals surface area contributed by atoms with Crippen molar-refractivity contribution in [2.75, 3.05) is 6.61 Å². The van der Waals surface area contributed by atoms with E-state index in [9.17, 15) is 0 Å². The molecule has 1 fully saturated rings. The van der Waals surface area contributed by atoms with Crippen LogP contribution in [-0.2, 0) is 6.54 Å². The van der Waals surface area contributed by atoms with Crippen molar-refractivity contribution in [1.29, 1.82) is 0 Å². The van der Waals surface area contributed by atoms with E-state index in [0.717, 1.165) is 18.3 Å². The molecular formula is C15H17NO. The van der Waals surface area contributed by atoms with Gasteiger partial charge in [0.25, 0.3) is 0 Å². The highest BCUT2D eigenvalue weighted by Crippen LogP contribution is 2.32. The maximum Gasteiger partial charge on any atom is 0.127 e. The normalized spacial score (nSPS) is 15.1. The van der Waals surface area contributed by atoms with Crippen LogP contribution < -0.4 is 10.5 Å². The van der Waals surface area contributed by atoms with Crippen LogP contribution in [0.15, 0.2) is 36.4 Å². The molecule has 0 atom stereocenters. The predicted octanol–water partition coefficient (Wildman–Crippen LogP) is 3.09. The first-order chi connectivity index (χ1) is 8.38. The molecule has 2 aromatic carbocycles. The van der Waals surface area contributed by atoms with Crippen LogP contribution in [0.3, 0.4) is 0 Å². The molecule has 0 aromatic heterocycles. The molecule has 0 aliphatic heterocycles. The number of benzene rings is 2. The topological polar surface area (TPSA) is 35.2 Å². The van der Waals surface area contributed by atoms with Gasteiger partial charge in [0.2, 0.25) is 0 Å². The molecule has 0 amide bonds. The number of rotatable bonds is 4. The second-order valence-electron chi connectivity index (χ2n) is 4.73. The molecule has 1 aliphatic carbocycles. The number of ether oxygens (including phenoxy) is 1. The zero-order valence-electron chi connectivity index (χ0n) is 9.86. The Balaban J connectivity index is 1.99. The number of nitrogens with two attached hydrogens (primary N) is 1. The second-order valence-corrected chi connectivity index (χ2v) is 4.73. The van der Waals surface area contributed by atoms with Crippen LogP contribution in [0.4, 0.5) is 0 Å². The van der Waals surface area contributed by atoms with Gasteiger partial charge in [0.1, 0.15) is 5.75 Å². The Bertz CT molecular complexity index is 531. The van der Waals surface area contributed by atoms with Crippen LogP contribution in [0.1, 0.15) is 18.4 Å². The minimum absolute atomic E-state index is 0.573. The number of hydrogen-bond donors (Lipinski definition) is 1. The van der Waals surface area contributed by atoms with Crippen LogP contribution in [0, 0.1) is 5.92 Å². The van der Waals surface area contributed by atoms with Crippen molar-refractivity contribution < 1.29 is 4.74 Å². The summed E-state index contributed by atoms with van der Waals surface area (Å²) in [6, 6.07) is 12.4. The second kappa shape index (κ2) is 4.38. The van der Waals surface area contributed by atoms with E-state index >= 15 is 0 Å². The molecule has 0 unspecified atom stereocenters. The van der Waals surface area contributed by atoms with E-state index < -0.39 is 0 Å². The molecule has 0 spiro atoms. The average Bonchev–Trinajstić information content (AvgIpc) is 3.20. The monoisotopic (exact) mass is 227 g/mol. The molecule has 0 heterocycles. The molecule has 2 aromatic rings. The molecule has 2 nitrogen and oxygen atoms in total. The lowest BCUT2D eigenvalue weighted by Crippen LogP contribution is -2.01. The fourth-order valence-electron chi connectivity index (χ4n) is 2.13. The third kappa shape index (κ3) is 2.13. The summed E-state index contributed by atoms with van der Waals surface area (Å²) in [4.78, 5) is 0. The van der Waals surface area contributed by atoms with Gasteiger partial charge in [0, 0.05) is 11.9 Å². The highest BCUT2D eigenvalue weighted by Gasteiger charge is 2.22. The lowest BCUT2D eigenvalue weighted by Gasteiger charge is -2.11. The van der Waals surface area contributed by atoms with Gasteiger partial charge in [-0.25, -0.2) is 0 Å². The van der Waals surface area contributed by atoms with Gasteiger partial charge in [-0.05, 0) is 35.8 Å². The molecule has 3 rings (SSSR count). The van der Waals surface area contributed by atoms with E-state index in [4.69, 9.17) is 10.5 Å². The minimum Gasteiger partial charge on any atom is -0.493 e. The van der Waals surface area contributed by atoms with E-state index in [1.54, 1.807) is 0 Å². The smallest absolute Gasteiger partial charge is 0.127 e. The Kier molecular flexibility index (Phi) is 2.73. The first-order valence-corrected chi connectivity index (χ1v) is 6.22. The van der Waals surface area contributed by atoms with Gasteiger partial charge in [0.05, 0.1) is 6.61 Å². The summed E-state index contributed by atoms with van der Waals surface area (Å²) in [5, 5.41) is 2.39. The summed E-state index contributed by atoms with van der Waals surface area (Å²) >= 11 is 0. The zero-order valence-corrected chi connectivity index (χ0v) is 9.86. The molecule has 0 radical (unpaired) electrons. The van der Waals surface area contributed by atoms with Gasteiger partial charge in [-0.15, -0.1) is 0 Å². The first kappa shape index (κ1) is 10.6. The molecule has 88 valence electrons. The van der Waals surface area contributed by atoms with Gasteiger partial charge in [-0.3, -0.25) is 0 Å². The summed E-state index contributed by atoms with van der Waals surface area (Å²) in [6.07, 6.45) is 2.64. The molecule has 0 bridgehead atoms. The van der Waals surface area contributed by atoms with Crippen LogP contribution in [-0.4, -0.2) is 6.61 Å². The Hall–Kier alpha value is -1.54. The third-order valence-corrected chi connectivity index (χ3v) is 3.37. The number of hydrogen-bond acceptors (Lipinski definition) is 2. The Labute approximate surface area is 101 Å². The van der Waals surface area contributed by atoms with Crippen molar-refractivity contribution in [3.05, 3.63) is 42.0 Å². The van der Waals surface area contributed by atoms with Crippen LogP contribution in [0.25, 0.3) is 10.8 Å². The Morgan fingerprint density at radius 1 is 1.06 bits per heavy atom. The van der Waals surface area contributed by atoms with Gasteiger partial charge in [0.15, 0.2) is 0 Å². The summed E-state index contributed by atoms with van der Waals surface area (Å²) in [7, 11) is 0. The Morgan fingerprint density at radius 3 is 2.53 bits per heavy atom. The first-order valence-electron chi connectivity index (χ1n) is 6.22. The van der Waals surface area contributed by atoms with Crippen molar-refractivity contribution in [2.24, 2.45) is 11.7 Å². The number of fused-ring (bicyclic) bond motifs is 1. The van der Waals surface area contributed by atoms with Crippen molar-refractivity contribution in [3.8, 4) is 5.75 Å². The van der Waals surface area contributed by atoms with Crippen LogP contribution in [0.2, 0.25) is 0 Å². The Morgan fingerprint density at radius 2 is 1.82 bits per heavy atom. The molecular weight excluding hydrogens is 210 g/mol. The highest BCUT2D eigenvalue weighted by molar-refractivity contribution is 5.91. The van der Waals surface area contributed by atoms with Crippen molar-refractivity contribution in [1.82, 2.24) is 0 Å². The van der Waals surface area contributed by atoms with Crippen molar-refractivity contribution in [3.63, 3.8) is 0 Å². The standard InChI is InChI=1S/C15H17NO/c16-9-12-7-8-15(17-10-11-5-6-11)14-4-2-1-3-13(12)14/h1-4,7-8,11H,5-6,9-10,16H2. The SMILES string of the molecule is NCc1ccc(OCC2CC2)c2ccccc12. The van der Waals surface area contributed by atoms with E-state index in [-0.39, 0.29) is 0 Å². The molecule has 17 heavy (non-hydrogen) atoms. The van der Waals surface area contributed by atoms with Gasteiger partial charge in [-0.2, -0.15) is 0 Å². The lowest BCUT2D eigenvalue weighted by molar-refractivity contribution is 0.303. The lowest BCUT2D eigenvalue weighted by atomic mass is 10.0. The minimum atomic E-state index is 0.573. The fraction of sp³-hybridized carbons (Fsp3) is 0.333. The highest BCUT2D eigenvalue weighted by atomic mass is 16.5. The van der Waals surface area contributed by atoms with E-state index in [1.807, 2.05) is 18.2 Å². The maximum absolute atomic E-state index is 5.90. The average molecular weight is 227 g/mol. The molecule has 0 saturated heterocycles. The summed E-state index contributed by atoms with van der Waals surface area (Å²) in [6.45, 7) is 1.43. The van der Waals surface area contributed by atoms with Crippen LogP contribution in [0.5, 0.6) is 5.75 Å². The van der Waals surface area contributed by atoms with E-state index in [1.165, 1.54) is 29.2 Å². The third-order valence-electron chi connectivity index (χ3n) is 3.37. The quantitative estimate of drug-likeness (QED) is 0.871. The summed E-state index contributed by atoms with van der Waals surface area (Å²) < 4.78 is 5.90. The van der Waals surface area contributed by atoms with E-state index in [2.05, 4.69) is 18.2 Å². The molecule has 1 saturated carbocycles. The van der Waals surface area contributed by atoms with Gasteiger partial charge >= 0.3 is 0 Å². The zero-order chi connectivity index (χ0) is 11.7. The summed E-state index contributed by atoms with van der Waals surface area (Å²) in [5.41, 5.74) is 6.94. The molecule has 1 aliphatic rings. The maximum atomic E-state index is 5.90. The van der Waals surface area contributed by atoms with Gasteiger partial charge in [-0.1, -0.05) is 30.3 Å². The van der Waals surface area contributed by atoms with Crippen molar-refractivity contribution >= 4 is 10.8 Å².